The van der Waals surface area contributed by atoms with Crippen LogP contribution in [0.15, 0.2) is 47.6 Å². The van der Waals surface area contributed by atoms with E-state index >= 15 is 0 Å². The van der Waals surface area contributed by atoms with E-state index in [0.717, 1.165) is 11.5 Å². The van der Waals surface area contributed by atoms with E-state index in [-0.39, 0.29) is 12.3 Å². The first-order valence-electron chi connectivity index (χ1n) is 8.99. The maximum absolute atomic E-state index is 12.3. The average Bonchev–Trinajstić information content (AvgIpc) is 3.08. The van der Waals surface area contributed by atoms with Crippen molar-refractivity contribution in [3.05, 3.63) is 58.3 Å². The van der Waals surface area contributed by atoms with E-state index in [1.54, 1.807) is 29.9 Å². The molecule has 3 rings (SSSR count). The first-order chi connectivity index (χ1) is 14.5. The lowest BCUT2D eigenvalue weighted by Crippen LogP contribution is -2.17. The molecule has 30 heavy (non-hydrogen) atoms. The van der Waals surface area contributed by atoms with Crippen LogP contribution in [0.25, 0.3) is 0 Å². The van der Waals surface area contributed by atoms with Gasteiger partial charge in [0.25, 0.3) is 0 Å². The molecule has 0 aliphatic heterocycles. The first kappa shape index (κ1) is 22.3. The second kappa shape index (κ2) is 10.6. The number of carbonyl (C=O) groups is 1. The molecule has 7 nitrogen and oxygen atoms in total. The number of ether oxygens (including phenoxy) is 2. The van der Waals surface area contributed by atoms with E-state index < -0.39 is 0 Å². The number of rotatable bonds is 9. The molecule has 0 spiro atoms. The minimum Gasteiger partial charge on any atom is -0.497 e. The molecule has 0 saturated heterocycles. The SMILES string of the molecule is COc1ccc(OCCSc2nnc(CC(=O)Nc3ccc(Cl)c(Cl)c3)n2C)cc1. The average molecular weight is 467 g/mol. The summed E-state index contributed by atoms with van der Waals surface area (Å²) in [5.41, 5.74) is 0.571. The smallest absolute Gasteiger partial charge is 0.232 e. The van der Waals surface area contributed by atoms with Crippen molar-refractivity contribution in [2.75, 3.05) is 24.8 Å². The maximum Gasteiger partial charge on any atom is 0.232 e. The fourth-order valence-electron chi connectivity index (χ4n) is 2.51. The van der Waals surface area contributed by atoms with E-state index in [4.69, 9.17) is 32.7 Å². The molecule has 0 bridgehead atoms. The Kier molecular flexibility index (Phi) is 7.84. The number of halogens is 2. The quantitative estimate of drug-likeness (QED) is 0.369. The Morgan fingerprint density at radius 1 is 1.10 bits per heavy atom. The van der Waals surface area contributed by atoms with Crippen LogP contribution in [0.2, 0.25) is 10.0 Å². The van der Waals surface area contributed by atoms with Crippen molar-refractivity contribution < 1.29 is 14.3 Å². The fourth-order valence-corrected chi connectivity index (χ4v) is 3.56. The fraction of sp³-hybridized carbons (Fsp3) is 0.250. The van der Waals surface area contributed by atoms with E-state index in [1.807, 2.05) is 31.3 Å². The Morgan fingerprint density at radius 2 is 1.83 bits per heavy atom. The highest BCUT2D eigenvalue weighted by atomic mass is 35.5. The summed E-state index contributed by atoms with van der Waals surface area (Å²) in [5.74, 6) is 2.59. The number of nitrogens with zero attached hydrogens (tertiary/aromatic N) is 3. The molecule has 0 radical (unpaired) electrons. The van der Waals surface area contributed by atoms with Crippen LogP contribution >= 0.6 is 35.0 Å². The number of hydrogen-bond acceptors (Lipinski definition) is 6. The Balaban J connectivity index is 1.47. The summed E-state index contributed by atoms with van der Waals surface area (Å²) in [7, 11) is 3.45. The largest absolute Gasteiger partial charge is 0.497 e. The van der Waals surface area contributed by atoms with Crippen LogP contribution in [0.1, 0.15) is 5.82 Å². The molecule has 1 N–H and O–H groups in total. The van der Waals surface area contributed by atoms with Gasteiger partial charge < -0.3 is 19.4 Å². The van der Waals surface area contributed by atoms with Gasteiger partial charge in [-0.15, -0.1) is 10.2 Å². The van der Waals surface area contributed by atoms with Gasteiger partial charge >= 0.3 is 0 Å². The number of aromatic nitrogens is 3. The highest BCUT2D eigenvalue weighted by Gasteiger charge is 2.14. The van der Waals surface area contributed by atoms with Gasteiger partial charge in [-0.3, -0.25) is 4.79 Å². The number of thioether (sulfide) groups is 1. The van der Waals surface area contributed by atoms with Crippen LogP contribution in [0.3, 0.4) is 0 Å². The minimum absolute atomic E-state index is 0.0899. The summed E-state index contributed by atoms with van der Waals surface area (Å²) in [6.07, 6.45) is 0.0899. The molecule has 158 valence electrons. The summed E-state index contributed by atoms with van der Waals surface area (Å²) in [4.78, 5) is 12.3. The van der Waals surface area contributed by atoms with Crippen LogP contribution < -0.4 is 14.8 Å². The number of methoxy groups -OCH3 is 1. The highest BCUT2D eigenvalue weighted by molar-refractivity contribution is 7.99. The second-order valence-corrected chi connectivity index (χ2v) is 8.06. The number of benzene rings is 2. The molecule has 10 heteroatoms. The zero-order chi connectivity index (χ0) is 21.5. The Bertz CT molecular complexity index is 1010. The molecule has 0 unspecified atom stereocenters. The van der Waals surface area contributed by atoms with E-state index in [0.29, 0.717) is 39.1 Å². The maximum atomic E-state index is 12.3. The Hall–Kier alpha value is -2.42. The first-order valence-corrected chi connectivity index (χ1v) is 10.7. The summed E-state index contributed by atoms with van der Waals surface area (Å²) >= 11 is 13.4. The van der Waals surface area contributed by atoms with Gasteiger partial charge in [-0.1, -0.05) is 35.0 Å². The van der Waals surface area contributed by atoms with Crippen LogP contribution in [0, 0.1) is 0 Å². The summed E-state index contributed by atoms with van der Waals surface area (Å²) < 4.78 is 12.6. The van der Waals surface area contributed by atoms with Gasteiger partial charge in [0.15, 0.2) is 5.16 Å². The van der Waals surface area contributed by atoms with Crippen molar-refractivity contribution in [1.82, 2.24) is 14.8 Å². The molecule has 1 amide bonds. The third-order valence-electron chi connectivity index (χ3n) is 4.09. The van der Waals surface area contributed by atoms with Gasteiger partial charge in [0, 0.05) is 18.5 Å². The second-order valence-electron chi connectivity index (χ2n) is 6.18. The van der Waals surface area contributed by atoms with Crippen molar-refractivity contribution in [2.45, 2.75) is 11.6 Å². The van der Waals surface area contributed by atoms with Crippen molar-refractivity contribution >= 4 is 46.6 Å². The lowest BCUT2D eigenvalue weighted by Gasteiger charge is -2.08. The number of nitrogens with one attached hydrogen (secondary N) is 1. The van der Waals surface area contributed by atoms with Crippen molar-refractivity contribution in [3.8, 4) is 11.5 Å². The zero-order valence-electron chi connectivity index (χ0n) is 16.4. The van der Waals surface area contributed by atoms with Gasteiger partial charge in [0.1, 0.15) is 17.3 Å². The molecule has 0 atom stereocenters. The summed E-state index contributed by atoms with van der Waals surface area (Å²) in [5, 5.41) is 12.6. The monoisotopic (exact) mass is 466 g/mol. The molecular weight excluding hydrogens is 447 g/mol. The van der Waals surface area contributed by atoms with E-state index in [2.05, 4.69) is 15.5 Å². The van der Waals surface area contributed by atoms with Gasteiger partial charge in [0.2, 0.25) is 5.91 Å². The number of amides is 1. The lowest BCUT2D eigenvalue weighted by atomic mass is 10.3. The molecule has 0 saturated carbocycles. The number of carbonyl (C=O) groups excluding carboxylic acids is 1. The Morgan fingerprint density at radius 3 is 2.53 bits per heavy atom. The van der Waals surface area contributed by atoms with Crippen molar-refractivity contribution in [3.63, 3.8) is 0 Å². The van der Waals surface area contributed by atoms with Gasteiger partial charge in [-0.05, 0) is 42.5 Å². The third kappa shape index (κ3) is 6.04. The molecule has 1 aromatic heterocycles. The van der Waals surface area contributed by atoms with Crippen LogP contribution in [0.5, 0.6) is 11.5 Å². The molecule has 0 aliphatic rings. The molecular formula is C20H20Cl2N4O3S. The molecule has 0 fully saturated rings. The molecule has 3 aromatic rings. The number of hydrogen-bond donors (Lipinski definition) is 1. The summed E-state index contributed by atoms with van der Waals surface area (Å²) in [6.45, 7) is 0.511. The number of anilines is 1. The topological polar surface area (TPSA) is 78.3 Å². The molecule has 2 aromatic carbocycles. The Labute approximate surface area is 188 Å². The lowest BCUT2D eigenvalue weighted by molar-refractivity contribution is -0.115. The minimum atomic E-state index is -0.219. The van der Waals surface area contributed by atoms with E-state index in [9.17, 15) is 4.79 Å². The third-order valence-corrected chi connectivity index (χ3v) is 5.81. The molecule has 1 heterocycles. The van der Waals surface area contributed by atoms with Crippen LogP contribution in [-0.4, -0.2) is 40.1 Å². The van der Waals surface area contributed by atoms with E-state index in [1.165, 1.54) is 11.8 Å². The molecule has 0 aliphatic carbocycles. The zero-order valence-corrected chi connectivity index (χ0v) is 18.7. The predicted octanol–water partition coefficient (Wildman–Crippen LogP) is 4.48. The van der Waals surface area contributed by atoms with Crippen LogP contribution in [-0.2, 0) is 18.3 Å². The van der Waals surface area contributed by atoms with Crippen molar-refractivity contribution in [2.24, 2.45) is 7.05 Å². The van der Waals surface area contributed by atoms with Crippen molar-refractivity contribution in [1.29, 1.82) is 0 Å². The predicted molar refractivity (Wildman–Crippen MR) is 119 cm³/mol. The highest BCUT2D eigenvalue weighted by Crippen LogP contribution is 2.25. The van der Waals surface area contributed by atoms with Crippen LogP contribution in [0.4, 0.5) is 5.69 Å². The van der Waals surface area contributed by atoms with Gasteiger partial charge in [0.05, 0.1) is 30.2 Å². The standard InChI is InChI=1S/C20H20Cl2N4O3S/c1-26-18(12-19(27)23-13-3-8-16(21)17(22)11-13)24-25-20(26)30-10-9-29-15-6-4-14(28-2)5-7-15/h3-8,11H,9-10,12H2,1-2H3,(H,23,27). The normalized spacial score (nSPS) is 10.7. The van der Waals surface area contributed by atoms with Gasteiger partial charge in [-0.2, -0.15) is 0 Å². The van der Waals surface area contributed by atoms with Gasteiger partial charge in [-0.25, -0.2) is 0 Å². The summed E-state index contributed by atoms with van der Waals surface area (Å²) in [6, 6.07) is 12.3.